The number of hydrogen-bond donors (Lipinski definition) is 0. The fourth-order valence-electron chi connectivity index (χ4n) is 4.77. The number of thiophene rings is 1. The summed E-state index contributed by atoms with van der Waals surface area (Å²) < 4.78 is 2.48. The fourth-order valence-corrected chi connectivity index (χ4v) is 7.89. The minimum absolute atomic E-state index is 0.0851. The van der Waals surface area contributed by atoms with Crippen LogP contribution in [0.4, 0.5) is 5.69 Å². The van der Waals surface area contributed by atoms with Gasteiger partial charge in [0.2, 0.25) is 0 Å². The van der Waals surface area contributed by atoms with Gasteiger partial charge in [-0.3, -0.25) is 9.59 Å². The first-order valence-electron chi connectivity index (χ1n) is 11.3. The molecule has 0 amide bonds. The summed E-state index contributed by atoms with van der Waals surface area (Å²) in [5.74, 6) is -0.000168. The second kappa shape index (κ2) is 8.58. The maximum absolute atomic E-state index is 13.2. The van der Waals surface area contributed by atoms with E-state index < -0.39 is 0 Å². The molecule has 0 aliphatic heterocycles. The Labute approximate surface area is 202 Å². The molecule has 5 rings (SSSR count). The van der Waals surface area contributed by atoms with Gasteiger partial charge in [0.05, 0.1) is 15.7 Å². The summed E-state index contributed by atoms with van der Waals surface area (Å²) in [5.41, 5.74) is 3.64. The average Bonchev–Trinajstić information content (AvgIpc) is 3.53. The van der Waals surface area contributed by atoms with Gasteiger partial charge in [-0.05, 0) is 36.3 Å². The smallest absolute Gasteiger partial charge is 0.278 e. The van der Waals surface area contributed by atoms with Crippen LogP contribution in [0.1, 0.15) is 72.2 Å². The predicted octanol–water partition coefficient (Wildman–Crippen LogP) is 7.04. The molecule has 2 aromatic heterocycles. The molecule has 0 spiro atoms. The Morgan fingerprint density at radius 3 is 2.61 bits per heavy atom. The van der Waals surface area contributed by atoms with E-state index in [1.807, 2.05) is 17.8 Å². The first-order chi connectivity index (χ1) is 15.8. The molecule has 33 heavy (non-hydrogen) atoms. The van der Waals surface area contributed by atoms with E-state index in [4.69, 9.17) is 6.57 Å². The monoisotopic (exact) mass is 475 g/mol. The summed E-state index contributed by atoms with van der Waals surface area (Å²) in [7, 11) is 0. The molecule has 2 aliphatic rings. The summed E-state index contributed by atoms with van der Waals surface area (Å²) in [6.07, 6.45) is 8.05. The molecule has 2 aliphatic carbocycles. The third-order valence-electron chi connectivity index (χ3n) is 6.40. The minimum Gasteiger partial charge on any atom is -0.294 e. The van der Waals surface area contributed by atoms with Crippen molar-refractivity contribution in [2.75, 3.05) is 0 Å². The lowest BCUT2D eigenvalue weighted by atomic mass is 9.74. The van der Waals surface area contributed by atoms with Crippen molar-refractivity contribution in [2.24, 2.45) is 5.41 Å². The van der Waals surface area contributed by atoms with Crippen LogP contribution < -0.4 is 0 Å². The van der Waals surface area contributed by atoms with Crippen LogP contribution in [0.5, 0.6) is 0 Å². The van der Waals surface area contributed by atoms with Crippen molar-refractivity contribution in [3.63, 3.8) is 0 Å². The normalized spacial score (nSPS) is 17.7. The molecule has 1 fully saturated rings. The number of benzene rings is 1. The fraction of sp³-hybridized carbons (Fsp3) is 0.385. The number of ketones is 1. The SMILES string of the molecule is [C-]#[N+]c1ccc(C(=O)n2ccc(-c3sc(SC4CCCC4)c4c3CC(C)(C)CC4=O)n2)cc1. The molecule has 0 atom stereocenters. The molecule has 3 aromatic rings. The highest BCUT2D eigenvalue weighted by Gasteiger charge is 2.37. The van der Waals surface area contributed by atoms with Crippen molar-refractivity contribution in [1.29, 1.82) is 0 Å². The van der Waals surface area contributed by atoms with E-state index >= 15 is 0 Å². The van der Waals surface area contributed by atoms with Crippen LogP contribution in [0.2, 0.25) is 0 Å². The second-order valence-electron chi connectivity index (χ2n) is 9.65. The first-order valence-corrected chi connectivity index (χ1v) is 13.0. The Morgan fingerprint density at radius 2 is 1.91 bits per heavy atom. The number of carbonyl (C=O) groups excluding carboxylic acids is 2. The highest BCUT2D eigenvalue weighted by atomic mass is 32.2. The van der Waals surface area contributed by atoms with Crippen LogP contribution >= 0.6 is 23.1 Å². The molecule has 1 saturated carbocycles. The maximum Gasteiger partial charge on any atom is 0.278 e. The molecular weight excluding hydrogens is 450 g/mol. The number of aromatic nitrogens is 2. The van der Waals surface area contributed by atoms with Gasteiger partial charge in [-0.2, -0.15) is 5.10 Å². The van der Waals surface area contributed by atoms with E-state index in [0.717, 1.165) is 32.3 Å². The van der Waals surface area contributed by atoms with E-state index in [1.165, 1.54) is 30.4 Å². The van der Waals surface area contributed by atoms with Crippen LogP contribution in [0, 0.1) is 12.0 Å². The number of thioether (sulfide) groups is 1. The number of fused-ring (bicyclic) bond motifs is 1. The van der Waals surface area contributed by atoms with E-state index in [9.17, 15) is 9.59 Å². The van der Waals surface area contributed by atoms with Gasteiger partial charge in [-0.1, -0.05) is 51.0 Å². The lowest BCUT2D eigenvalue weighted by Gasteiger charge is -2.29. The van der Waals surface area contributed by atoms with Gasteiger partial charge in [0.1, 0.15) is 5.69 Å². The minimum atomic E-state index is -0.236. The molecule has 0 unspecified atom stereocenters. The molecular formula is C26H25N3O2S2. The number of Topliss-reactive ketones (excluding diaryl/α,β-unsaturated/α-hetero) is 1. The van der Waals surface area contributed by atoms with Crippen molar-refractivity contribution in [2.45, 2.75) is 61.8 Å². The lowest BCUT2D eigenvalue weighted by molar-refractivity contribution is 0.0908. The second-order valence-corrected chi connectivity index (χ2v) is 12.2. The van der Waals surface area contributed by atoms with Gasteiger partial charge in [-0.25, -0.2) is 9.53 Å². The van der Waals surface area contributed by atoms with Crippen molar-refractivity contribution < 1.29 is 9.59 Å². The zero-order valence-corrected chi connectivity index (χ0v) is 20.4. The molecule has 0 saturated heterocycles. The van der Waals surface area contributed by atoms with Crippen molar-refractivity contribution in [1.82, 2.24) is 9.78 Å². The summed E-state index contributed by atoms with van der Waals surface area (Å²) in [6, 6.07) is 8.46. The summed E-state index contributed by atoms with van der Waals surface area (Å²) in [6.45, 7) is 11.4. The molecule has 0 N–H and O–H groups in total. The van der Waals surface area contributed by atoms with E-state index in [2.05, 4.69) is 23.8 Å². The Hall–Kier alpha value is -2.69. The van der Waals surface area contributed by atoms with Crippen LogP contribution in [-0.2, 0) is 6.42 Å². The largest absolute Gasteiger partial charge is 0.294 e. The van der Waals surface area contributed by atoms with Crippen LogP contribution in [0.3, 0.4) is 0 Å². The molecule has 5 nitrogen and oxygen atoms in total. The molecule has 0 radical (unpaired) electrons. The predicted molar refractivity (Wildman–Crippen MR) is 133 cm³/mol. The number of nitrogens with zero attached hydrogens (tertiary/aromatic N) is 3. The standard InChI is InChI=1S/C26H25N3O2S2/c1-26(2)14-19-22(21(30)15-26)25(32-18-6-4-5-7-18)33-23(19)20-12-13-29(28-20)24(31)16-8-10-17(27-3)11-9-16/h8-13,18H,4-7,14-15H2,1-2H3. The zero-order valence-electron chi connectivity index (χ0n) is 18.8. The molecule has 0 bridgehead atoms. The highest BCUT2D eigenvalue weighted by molar-refractivity contribution is 8.01. The van der Waals surface area contributed by atoms with Crippen molar-refractivity contribution >= 4 is 40.5 Å². The molecule has 168 valence electrons. The van der Waals surface area contributed by atoms with Gasteiger partial charge in [0, 0.05) is 29.0 Å². The maximum atomic E-state index is 13.2. The highest BCUT2D eigenvalue weighted by Crippen LogP contribution is 2.50. The molecule has 2 heterocycles. The Balaban J connectivity index is 1.51. The number of carbonyl (C=O) groups is 2. The van der Waals surface area contributed by atoms with Crippen LogP contribution in [0.15, 0.2) is 40.7 Å². The van der Waals surface area contributed by atoms with Gasteiger partial charge in [-0.15, -0.1) is 23.1 Å². The third-order valence-corrected chi connectivity index (χ3v) is 9.21. The topological polar surface area (TPSA) is 56.3 Å². The van der Waals surface area contributed by atoms with Gasteiger partial charge < -0.3 is 0 Å². The van der Waals surface area contributed by atoms with Crippen molar-refractivity contribution in [3.8, 4) is 10.6 Å². The Morgan fingerprint density at radius 1 is 1.18 bits per heavy atom. The summed E-state index contributed by atoms with van der Waals surface area (Å²) >= 11 is 3.54. The van der Waals surface area contributed by atoms with E-state index in [1.54, 1.807) is 41.8 Å². The number of rotatable bonds is 4. The summed E-state index contributed by atoms with van der Waals surface area (Å²) in [4.78, 5) is 30.5. The van der Waals surface area contributed by atoms with Crippen LogP contribution in [0.25, 0.3) is 15.4 Å². The van der Waals surface area contributed by atoms with Gasteiger partial charge >= 0.3 is 0 Å². The molecule has 7 heteroatoms. The van der Waals surface area contributed by atoms with Crippen LogP contribution in [-0.4, -0.2) is 26.7 Å². The quantitative estimate of drug-likeness (QED) is 0.380. The van der Waals surface area contributed by atoms with E-state index in [0.29, 0.717) is 22.9 Å². The zero-order chi connectivity index (χ0) is 23.2. The lowest BCUT2D eigenvalue weighted by Crippen LogP contribution is -2.26. The number of hydrogen-bond acceptors (Lipinski definition) is 5. The molecule has 1 aromatic carbocycles. The Bertz CT molecular complexity index is 1270. The Kier molecular flexibility index (Phi) is 5.75. The van der Waals surface area contributed by atoms with Gasteiger partial charge in [0.25, 0.3) is 5.91 Å². The third kappa shape index (κ3) is 4.30. The first kappa shape index (κ1) is 22.1. The van der Waals surface area contributed by atoms with E-state index in [-0.39, 0.29) is 17.1 Å². The average molecular weight is 476 g/mol. The van der Waals surface area contributed by atoms with Gasteiger partial charge in [0.15, 0.2) is 11.5 Å². The van der Waals surface area contributed by atoms with Crippen molar-refractivity contribution in [3.05, 3.63) is 64.6 Å². The summed E-state index contributed by atoms with van der Waals surface area (Å²) in [5, 5.41) is 5.21.